The largest absolute Gasteiger partial charge is 0.490 e. The summed E-state index contributed by atoms with van der Waals surface area (Å²) in [5.41, 5.74) is 3.82. The number of carbonyl (C=O) groups excluding carboxylic acids is 1. The van der Waals surface area contributed by atoms with Crippen molar-refractivity contribution in [3.63, 3.8) is 0 Å². The second kappa shape index (κ2) is 11.5. The number of amides is 1. The third-order valence-electron chi connectivity index (χ3n) is 4.86. The normalized spacial score (nSPS) is 10.8. The average molecular weight is 478 g/mol. The van der Waals surface area contributed by atoms with E-state index in [0.717, 1.165) is 22.3 Å². The van der Waals surface area contributed by atoms with Crippen molar-refractivity contribution in [3.8, 4) is 11.5 Å². The molecule has 1 heterocycles. The summed E-state index contributed by atoms with van der Waals surface area (Å²) in [6.07, 6.45) is 0. The Kier molecular flexibility index (Phi) is 9.31. The van der Waals surface area contributed by atoms with Crippen molar-refractivity contribution in [1.82, 2.24) is 9.88 Å². The molecule has 0 atom stereocenters. The Labute approximate surface area is 200 Å². The molecule has 3 rings (SSSR count). The van der Waals surface area contributed by atoms with E-state index in [0.29, 0.717) is 42.0 Å². The van der Waals surface area contributed by atoms with E-state index < -0.39 is 0 Å². The minimum absolute atomic E-state index is 0. The van der Waals surface area contributed by atoms with Crippen LogP contribution >= 0.6 is 23.7 Å². The van der Waals surface area contributed by atoms with Crippen molar-refractivity contribution < 1.29 is 14.3 Å². The smallest absolute Gasteiger partial charge is 0.260 e. The molecule has 3 aromatic rings. The SMILES string of the molecule is CCOc1ccc(C(=O)N(CCN(C)C)c2nc3c(C)cc(C)cc3s2)cc1OCC.Cl. The minimum Gasteiger partial charge on any atom is -0.490 e. The predicted molar refractivity (Wildman–Crippen MR) is 135 cm³/mol. The lowest BCUT2D eigenvalue weighted by Crippen LogP contribution is -2.36. The van der Waals surface area contributed by atoms with Crippen LogP contribution in [0.5, 0.6) is 11.5 Å². The first kappa shape index (κ1) is 25.9. The first-order chi connectivity index (χ1) is 14.8. The van der Waals surface area contributed by atoms with E-state index in [1.807, 2.05) is 27.9 Å². The van der Waals surface area contributed by atoms with Crippen molar-refractivity contribution >= 4 is 45.0 Å². The van der Waals surface area contributed by atoms with E-state index in [9.17, 15) is 4.79 Å². The minimum atomic E-state index is -0.0979. The molecule has 0 bridgehead atoms. The summed E-state index contributed by atoms with van der Waals surface area (Å²) < 4.78 is 12.5. The van der Waals surface area contributed by atoms with Gasteiger partial charge in [0.15, 0.2) is 16.6 Å². The van der Waals surface area contributed by atoms with Gasteiger partial charge in [-0.1, -0.05) is 17.4 Å². The molecule has 1 aromatic heterocycles. The standard InChI is InChI=1S/C24H31N3O3S.ClH/c1-7-29-19-10-9-18(15-20(19)30-8-2)23(28)27(12-11-26(5)6)24-25-22-17(4)13-16(3)14-21(22)31-24;/h9-10,13-15H,7-8,11-12H2,1-6H3;1H. The highest BCUT2D eigenvalue weighted by molar-refractivity contribution is 7.22. The maximum Gasteiger partial charge on any atom is 0.260 e. The molecule has 0 aliphatic carbocycles. The number of hydrogen-bond acceptors (Lipinski definition) is 6. The van der Waals surface area contributed by atoms with Crippen molar-refractivity contribution in [2.24, 2.45) is 0 Å². The van der Waals surface area contributed by atoms with Crippen LogP contribution in [0.4, 0.5) is 5.13 Å². The fourth-order valence-corrected chi connectivity index (χ4v) is 4.56. The molecular weight excluding hydrogens is 446 g/mol. The van der Waals surface area contributed by atoms with Gasteiger partial charge in [-0.2, -0.15) is 0 Å². The van der Waals surface area contributed by atoms with Gasteiger partial charge in [0, 0.05) is 18.7 Å². The number of thiazole rings is 1. The van der Waals surface area contributed by atoms with Gasteiger partial charge in [-0.25, -0.2) is 4.98 Å². The molecule has 32 heavy (non-hydrogen) atoms. The summed E-state index contributed by atoms with van der Waals surface area (Å²) in [7, 11) is 4.00. The topological polar surface area (TPSA) is 54.9 Å². The number of anilines is 1. The number of ether oxygens (including phenoxy) is 2. The first-order valence-corrected chi connectivity index (χ1v) is 11.4. The molecule has 0 aliphatic rings. The van der Waals surface area contributed by atoms with Gasteiger partial charge in [0.25, 0.3) is 5.91 Å². The van der Waals surface area contributed by atoms with E-state index in [2.05, 4.69) is 30.9 Å². The quantitative estimate of drug-likeness (QED) is 0.416. The average Bonchev–Trinajstić information content (AvgIpc) is 3.13. The lowest BCUT2D eigenvalue weighted by atomic mass is 10.1. The number of hydrogen-bond donors (Lipinski definition) is 0. The van der Waals surface area contributed by atoms with Crippen molar-refractivity contribution in [2.75, 3.05) is 45.3 Å². The van der Waals surface area contributed by atoms with Gasteiger partial charge in [0.2, 0.25) is 0 Å². The molecule has 0 saturated carbocycles. The summed E-state index contributed by atoms with van der Waals surface area (Å²) >= 11 is 1.55. The van der Waals surface area contributed by atoms with Crippen LogP contribution < -0.4 is 14.4 Å². The maximum atomic E-state index is 13.6. The summed E-state index contributed by atoms with van der Waals surface area (Å²) in [6.45, 7) is 10.3. The molecule has 2 aromatic carbocycles. The van der Waals surface area contributed by atoms with E-state index >= 15 is 0 Å². The lowest BCUT2D eigenvalue weighted by molar-refractivity contribution is 0.0984. The Bertz CT molecular complexity index is 1070. The maximum absolute atomic E-state index is 13.6. The number of nitrogens with zero attached hydrogens (tertiary/aromatic N) is 3. The molecule has 0 N–H and O–H groups in total. The Morgan fingerprint density at radius 1 is 1.00 bits per heavy atom. The van der Waals surface area contributed by atoms with E-state index in [-0.39, 0.29) is 18.3 Å². The number of benzene rings is 2. The van der Waals surface area contributed by atoms with Gasteiger partial charge in [0.1, 0.15) is 0 Å². The molecule has 174 valence electrons. The van der Waals surface area contributed by atoms with Gasteiger partial charge < -0.3 is 14.4 Å². The number of likely N-dealkylation sites (N-methyl/N-ethyl adjacent to an activating group) is 1. The monoisotopic (exact) mass is 477 g/mol. The zero-order valence-electron chi connectivity index (χ0n) is 19.6. The third-order valence-corrected chi connectivity index (χ3v) is 5.88. The van der Waals surface area contributed by atoms with Gasteiger partial charge >= 0.3 is 0 Å². The van der Waals surface area contributed by atoms with Crippen LogP contribution in [0, 0.1) is 13.8 Å². The summed E-state index contributed by atoms with van der Waals surface area (Å²) in [5.74, 6) is 1.13. The molecule has 8 heteroatoms. The number of fused-ring (bicyclic) bond motifs is 1. The van der Waals surface area contributed by atoms with E-state index in [4.69, 9.17) is 14.5 Å². The van der Waals surface area contributed by atoms with Crippen LogP contribution in [0.15, 0.2) is 30.3 Å². The van der Waals surface area contributed by atoms with Crippen molar-refractivity contribution in [3.05, 3.63) is 47.0 Å². The van der Waals surface area contributed by atoms with Crippen molar-refractivity contribution in [2.45, 2.75) is 27.7 Å². The zero-order valence-corrected chi connectivity index (χ0v) is 21.2. The van der Waals surface area contributed by atoms with Crippen LogP contribution in [0.2, 0.25) is 0 Å². The molecule has 0 saturated heterocycles. The zero-order chi connectivity index (χ0) is 22.5. The molecular formula is C24H32ClN3O3S. The number of aromatic nitrogens is 1. The highest BCUT2D eigenvalue weighted by Gasteiger charge is 2.23. The van der Waals surface area contributed by atoms with Crippen LogP contribution in [0.1, 0.15) is 35.3 Å². The van der Waals surface area contributed by atoms with Gasteiger partial charge in [0.05, 0.1) is 23.4 Å². The first-order valence-electron chi connectivity index (χ1n) is 10.6. The number of rotatable bonds is 9. The lowest BCUT2D eigenvalue weighted by Gasteiger charge is -2.22. The van der Waals surface area contributed by atoms with Gasteiger partial charge in [-0.05, 0) is 77.2 Å². The fourth-order valence-electron chi connectivity index (χ4n) is 3.40. The van der Waals surface area contributed by atoms with Gasteiger partial charge in [-0.3, -0.25) is 9.69 Å². The molecule has 0 unspecified atom stereocenters. The van der Waals surface area contributed by atoms with Crippen molar-refractivity contribution in [1.29, 1.82) is 0 Å². The molecule has 6 nitrogen and oxygen atoms in total. The Hall–Kier alpha value is -2.35. The molecule has 0 spiro atoms. The highest BCUT2D eigenvalue weighted by atomic mass is 35.5. The molecule has 0 fully saturated rings. The Morgan fingerprint density at radius 3 is 2.34 bits per heavy atom. The summed E-state index contributed by atoms with van der Waals surface area (Å²) in [4.78, 5) is 22.3. The number of halogens is 1. The summed E-state index contributed by atoms with van der Waals surface area (Å²) in [5, 5.41) is 0.711. The van der Waals surface area contributed by atoms with Gasteiger partial charge in [-0.15, -0.1) is 12.4 Å². The Morgan fingerprint density at radius 2 is 1.69 bits per heavy atom. The molecule has 0 aliphatic heterocycles. The van der Waals surface area contributed by atoms with E-state index in [1.54, 1.807) is 34.4 Å². The second-order valence-corrected chi connectivity index (χ2v) is 8.72. The predicted octanol–water partition coefficient (Wildman–Crippen LogP) is 5.34. The van der Waals surface area contributed by atoms with Crippen LogP contribution in [0.25, 0.3) is 10.2 Å². The second-order valence-electron chi connectivity index (χ2n) is 7.71. The van der Waals surface area contributed by atoms with Crippen LogP contribution in [0.3, 0.4) is 0 Å². The summed E-state index contributed by atoms with van der Waals surface area (Å²) in [6, 6.07) is 9.61. The highest BCUT2D eigenvalue weighted by Crippen LogP contribution is 2.34. The fraction of sp³-hybridized carbons (Fsp3) is 0.417. The number of carbonyl (C=O) groups is 1. The Balaban J connectivity index is 0.00000363. The van der Waals surface area contributed by atoms with Crippen LogP contribution in [-0.2, 0) is 0 Å². The van der Waals surface area contributed by atoms with E-state index in [1.165, 1.54) is 5.56 Å². The third kappa shape index (κ3) is 5.91. The molecule has 0 radical (unpaired) electrons. The van der Waals surface area contributed by atoms with Crippen LogP contribution in [-0.4, -0.2) is 56.2 Å². The molecule has 1 amide bonds. The number of aryl methyl sites for hydroxylation is 2.